The molecule has 0 radical (unpaired) electrons. The van der Waals surface area contributed by atoms with Gasteiger partial charge in [0, 0.05) is 16.6 Å². The van der Waals surface area contributed by atoms with Crippen LogP contribution in [-0.2, 0) is 4.79 Å². The number of nitrogens with zero attached hydrogens (tertiary/aromatic N) is 1. The SMILES string of the molecule is CC(C)C(N)C(=O)Nc1ccc([N+](=O)[O-])cc1Br. The van der Waals surface area contributed by atoms with Gasteiger partial charge < -0.3 is 11.1 Å². The second-order valence-electron chi connectivity index (χ2n) is 4.18. The zero-order chi connectivity index (χ0) is 13.9. The van der Waals surface area contributed by atoms with Crippen molar-refractivity contribution in [2.45, 2.75) is 19.9 Å². The van der Waals surface area contributed by atoms with Crippen LogP contribution in [0.1, 0.15) is 13.8 Å². The summed E-state index contributed by atoms with van der Waals surface area (Å²) in [4.78, 5) is 21.8. The van der Waals surface area contributed by atoms with Gasteiger partial charge >= 0.3 is 0 Å². The average molecular weight is 316 g/mol. The zero-order valence-corrected chi connectivity index (χ0v) is 11.6. The van der Waals surface area contributed by atoms with E-state index < -0.39 is 11.0 Å². The molecule has 1 atom stereocenters. The highest BCUT2D eigenvalue weighted by molar-refractivity contribution is 9.10. The molecule has 0 fully saturated rings. The number of nitrogens with two attached hydrogens (primary N) is 1. The first-order chi connectivity index (χ1) is 8.32. The first-order valence-electron chi connectivity index (χ1n) is 5.33. The molecular formula is C11H14BrN3O3. The topological polar surface area (TPSA) is 98.3 Å². The second kappa shape index (κ2) is 5.92. The van der Waals surface area contributed by atoms with Gasteiger partial charge in [0.05, 0.1) is 16.7 Å². The highest BCUT2D eigenvalue weighted by Gasteiger charge is 2.18. The van der Waals surface area contributed by atoms with Gasteiger partial charge in [0.1, 0.15) is 0 Å². The number of nitro benzene ring substituents is 1. The third-order valence-corrected chi connectivity index (χ3v) is 3.10. The smallest absolute Gasteiger partial charge is 0.270 e. The first-order valence-corrected chi connectivity index (χ1v) is 6.12. The van der Waals surface area contributed by atoms with Crippen LogP contribution >= 0.6 is 15.9 Å². The minimum Gasteiger partial charge on any atom is -0.324 e. The molecule has 98 valence electrons. The lowest BCUT2D eigenvalue weighted by Crippen LogP contribution is -2.39. The van der Waals surface area contributed by atoms with E-state index in [1.165, 1.54) is 18.2 Å². The van der Waals surface area contributed by atoms with Gasteiger partial charge in [-0.25, -0.2) is 0 Å². The molecule has 0 heterocycles. The number of hydrogen-bond acceptors (Lipinski definition) is 4. The van der Waals surface area contributed by atoms with Crippen molar-refractivity contribution in [3.05, 3.63) is 32.8 Å². The fourth-order valence-corrected chi connectivity index (χ4v) is 1.70. The van der Waals surface area contributed by atoms with Gasteiger partial charge in [-0.2, -0.15) is 0 Å². The highest BCUT2D eigenvalue weighted by Crippen LogP contribution is 2.27. The minimum atomic E-state index is -0.618. The summed E-state index contributed by atoms with van der Waals surface area (Å²) in [5.74, 6) is -0.304. The second-order valence-corrected chi connectivity index (χ2v) is 5.03. The van der Waals surface area contributed by atoms with Gasteiger partial charge in [-0.15, -0.1) is 0 Å². The summed E-state index contributed by atoms with van der Waals surface area (Å²) in [6, 6.07) is 3.50. The molecule has 7 heteroatoms. The van der Waals surface area contributed by atoms with Gasteiger partial charge in [0.15, 0.2) is 0 Å². The fraction of sp³-hybridized carbons (Fsp3) is 0.364. The summed E-state index contributed by atoms with van der Waals surface area (Å²) in [6.45, 7) is 3.68. The standard InChI is InChI=1S/C11H14BrN3O3/c1-6(2)10(13)11(16)14-9-4-3-7(15(17)18)5-8(9)12/h3-6,10H,13H2,1-2H3,(H,14,16). The van der Waals surface area contributed by atoms with E-state index in [-0.39, 0.29) is 17.5 Å². The van der Waals surface area contributed by atoms with Gasteiger partial charge in [0.25, 0.3) is 5.69 Å². The van der Waals surface area contributed by atoms with Crippen molar-refractivity contribution in [3.8, 4) is 0 Å². The Morgan fingerprint density at radius 1 is 1.50 bits per heavy atom. The lowest BCUT2D eigenvalue weighted by Gasteiger charge is -2.15. The summed E-state index contributed by atoms with van der Waals surface area (Å²) in [7, 11) is 0. The van der Waals surface area contributed by atoms with Crippen LogP contribution in [0.5, 0.6) is 0 Å². The van der Waals surface area contributed by atoms with Crippen LogP contribution in [0.15, 0.2) is 22.7 Å². The molecule has 0 aliphatic heterocycles. The van der Waals surface area contributed by atoms with E-state index in [1.807, 2.05) is 13.8 Å². The molecule has 0 aliphatic rings. The number of benzene rings is 1. The Balaban J connectivity index is 2.86. The Morgan fingerprint density at radius 3 is 2.56 bits per heavy atom. The predicted octanol–water partition coefficient (Wildman–Crippen LogP) is 2.28. The van der Waals surface area contributed by atoms with Crippen molar-refractivity contribution in [3.63, 3.8) is 0 Å². The predicted molar refractivity (Wildman–Crippen MR) is 72.2 cm³/mol. The van der Waals surface area contributed by atoms with Crippen LogP contribution in [0.2, 0.25) is 0 Å². The molecule has 0 aliphatic carbocycles. The van der Waals surface area contributed by atoms with Gasteiger partial charge in [-0.1, -0.05) is 13.8 Å². The van der Waals surface area contributed by atoms with Crippen molar-refractivity contribution in [2.75, 3.05) is 5.32 Å². The fourth-order valence-electron chi connectivity index (χ4n) is 1.24. The third kappa shape index (κ3) is 3.51. The van der Waals surface area contributed by atoms with Crippen LogP contribution in [0, 0.1) is 16.0 Å². The molecule has 0 aromatic heterocycles. The van der Waals surface area contributed by atoms with Crippen LogP contribution in [0.4, 0.5) is 11.4 Å². The molecule has 1 unspecified atom stereocenters. The Bertz CT molecular complexity index is 477. The maximum atomic E-state index is 11.7. The number of nitro groups is 1. The number of non-ortho nitro benzene ring substituents is 1. The Kier molecular flexibility index (Phi) is 4.80. The molecule has 1 aromatic rings. The Labute approximate surface area is 113 Å². The number of rotatable bonds is 4. The van der Waals surface area contributed by atoms with Crippen LogP contribution in [0.25, 0.3) is 0 Å². The van der Waals surface area contributed by atoms with Crippen LogP contribution in [-0.4, -0.2) is 16.9 Å². The number of hydrogen-bond donors (Lipinski definition) is 2. The van der Waals surface area contributed by atoms with E-state index in [4.69, 9.17) is 5.73 Å². The maximum Gasteiger partial charge on any atom is 0.270 e. The van der Waals surface area contributed by atoms with Crippen LogP contribution in [0.3, 0.4) is 0 Å². The summed E-state index contributed by atoms with van der Waals surface area (Å²) in [6.07, 6.45) is 0. The molecule has 1 rings (SSSR count). The Hall–Kier alpha value is -1.47. The van der Waals surface area contributed by atoms with Crippen molar-refractivity contribution in [1.29, 1.82) is 0 Å². The average Bonchev–Trinajstić information content (AvgIpc) is 2.30. The Morgan fingerprint density at radius 2 is 2.11 bits per heavy atom. The molecule has 0 saturated carbocycles. The lowest BCUT2D eigenvalue weighted by atomic mass is 10.0. The monoisotopic (exact) mass is 315 g/mol. The normalized spacial score (nSPS) is 12.3. The molecule has 1 aromatic carbocycles. The van der Waals surface area contributed by atoms with Crippen molar-refractivity contribution in [1.82, 2.24) is 0 Å². The van der Waals surface area contributed by atoms with E-state index in [0.717, 1.165) is 0 Å². The van der Waals surface area contributed by atoms with Crippen molar-refractivity contribution < 1.29 is 9.72 Å². The molecule has 1 amide bonds. The van der Waals surface area contributed by atoms with E-state index >= 15 is 0 Å². The summed E-state index contributed by atoms with van der Waals surface area (Å²) in [5, 5.41) is 13.2. The number of anilines is 1. The van der Waals surface area contributed by atoms with Crippen LogP contribution < -0.4 is 11.1 Å². The lowest BCUT2D eigenvalue weighted by molar-refractivity contribution is -0.384. The van der Waals surface area contributed by atoms with E-state index in [1.54, 1.807) is 0 Å². The van der Waals surface area contributed by atoms with Crippen molar-refractivity contribution in [2.24, 2.45) is 11.7 Å². The quantitative estimate of drug-likeness (QED) is 0.657. The van der Waals surface area contributed by atoms with Gasteiger partial charge in [-0.3, -0.25) is 14.9 Å². The summed E-state index contributed by atoms with van der Waals surface area (Å²) >= 11 is 3.17. The highest BCUT2D eigenvalue weighted by atomic mass is 79.9. The van der Waals surface area contributed by atoms with Gasteiger partial charge in [-0.05, 0) is 27.9 Å². The van der Waals surface area contributed by atoms with Crippen molar-refractivity contribution >= 4 is 33.2 Å². The number of amides is 1. The minimum absolute atomic E-state index is 0.0156. The molecule has 6 nitrogen and oxygen atoms in total. The molecule has 3 N–H and O–H groups in total. The molecule has 0 bridgehead atoms. The number of nitrogens with one attached hydrogen (secondary N) is 1. The zero-order valence-electron chi connectivity index (χ0n) is 10.0. The van der Waals surface area contributed by atoms with E-state index in [2.05, 4.69) is 21.2 Å². The number of halogens is 1. The largest absolute Gasteiger partial charge is 0.324 e. The molecular weight excluding hydrogens is 302 g/mol. The first kappa shape index (κ1) is 14.6. The summed E-state index contributed by atoms with van der Waals surface area (Å²) < 4.78 is 0.445. The molecule has 0 spiro atoms. The molecule has 0 saturated heterocycles. The van der Waals surface area contributed by atoms with E-state index in [9.17, 15) is 14.9 Å². The van der Waals surface area contributed by atoms with E-state index in [0.29, 0.717) is 10.2 Å². The summed E-state index contributed by atoms with van der Waals surface area (Å²) in [5.41, 5.74) is 6.11. The number of carbonyl (C=O) groups is 1. The molecule has 18 heavy (non-hydrogen) atoms. The third-order valence-electron chi connectivity index (χ3n) is 2.44. The maximum absolute atomic E-state index is 11.7. The number of carbonyl (C=O) groups excluding carboxylic acids is 1. The van der Waals surface area contributed by atoms with Gasteiger partial charge in [0.2, 0.25) is 5.91 Å².